The number of likely N-dealkylation sites (N-methyl/N-ethyl adjacent to an activating group) is 1. The zero-order valence-corrected chi connectivity index (χ0v) is 14.7. The van der Waals surface area contributed by atoms with E-state index in [-0.39, 0.29) is 11.5 Å². The van der Waals surface area contributed by atoms with E-state index in [1.165, 1.54) is 0 Å². The van der Waals surface area contributed by atoms with Crippen LogP contribution in [0.4, 0.5) is 0 Å². The van der Waals surface area contributed by atoms with Crippen LogP contribution in [0.15, 0.2) is 47.9 Å². The summed E-state index contributed by atoms with van der Waals surface area (Å²) in [5.41, 5.74) is 2.11. The third-order valence-corrected chi connectivity index (χ3v) is 4.58. The van der Waals surface area contributed by atoms with Crippen LogP contribution < -0.4 is 5.32 Å². The summed E-state index contributed by atoms with van der Waals surface area (Å²) in [6.45, 7) is 6.43. The van der Waals surface area contributed by atoms with E-state index in [1.807, 2.05) is 18.1 Å². The van der Waals surface area contributed by atoms with Gasteiger partial charge in [0.2, 0.25) is 6.41 Å². The predicted molar refractivity (Wildman–Crippen MR) is 95.7 cm³/mol. The standard InChI is InChI=1S/C19H29N3O/c1-19(2)10-5-6-16(7-11-19)18(20-3)14-22(15-23)17-8-12-21(4)13-9-17/h5-7,10-11,14-15,17,20H,8-9,12-13H2,1-4H3/b18-14-. The van der Waals surface area contributed by atoms with Gasteiger partial charge in [0.1, 0.15) is 0 Å². The highest BCUT2D eigenvalue weighted by atomic mass is 16.1. The Hall–Kier alpha value is -1.81. The van der Waals surface area contributed by atoms with Gasteiger partial charge in [0.15, 0.2) is 0 Å². The largest absolute Gasteiger partial charge is 0.386 e. The van der Waals surface area contributed by atoms with E-state index < -0.39 is 0 Å². The summed E-state index contributed by atoms with van der Waals surface area (Å²) in [5, 5.41) is 3.24. The van der Waals surface area contributed by atoms with Crippen LogP contribution in [-0.2, 0) is 4.79 Å². The average molecular weight is 315 g/mol. The highest BCUT2D eigenvalue weighted by Crippen LogP contribution is 2.25. The monoisotopic (exact) mass is 315 g/mol. The normalized spacial score (nSPS) is 22.4. The van der Waals surface area contributed by atoms with Crippen LogP contribution in [0.3, 0.4) is 0 Å². The molecule has 1 aliphatic carbocycles. The van der Waals surface area contributed by atoms with Gasteiger partial charge in [0.05, 0.1) is 5.70 Å². The second-order valence-corrected chi connectivity index (χ2v) is 7.02. The molecule has 0 spiro atoms. The number of nitrogens with one attached hydrogen (secondary N) is 1. The SMILES string of the molecule is CN/C(=C\N(C=O)C1CCN(C)CC1)C1=CC=CC(C)(C)C=C1. The summed E-state index contributed by atoms with van der Waals surface area (Å²) >= 11 is 0. The number of nitrogens with zero attached hydrogens (tertiary/aromatic N) is 2. The molecule has 126 valence electrons. The van der Waals surface area contributed by atoms with Gasteiger partial charge in [-0.3, -0.25) is 4.79 Å². The Morgan fingerprint density at radius 3 is 2.65 bits per heavy atom. The lowest BCUT2D eigenvalue weighted by Crippen LogP contribution is -2.41. The first-order valence-corrected chi connectivity index (χ1v) is 8.35. The number of allylic oxidation sites excluding steroid dienone is 5. The summed E-state index contributed by atoms with van der Waals surface area (Å²) in [6.07, 6.45) is 15.6. The third-order valence-electron chi connectivity index (χ3n) is 4.58. The lowest BCUT2D eigenvalue weighted by molar-refractivity contribution is -0.118. The van der Waals surface area contributed by atoms with Crippen molar-refractivity contribution >= 4 is 6.41 Å². The average Bonchev–Trinajstić information content (AvgIpc) is 2.71. The first-order valence-electron chi connectivity index (χ1n) is 8.35. The Balaban J connectivity index is 2.18. The van der Waals surface area contributed by atoms with E-state index in [4.69, 9.17) is 0 Å². The quantitative estimate of drug-likeness (QED) is 0.792. The highest BCUT2D eigenvalue weighted by molar-refractivity contribution is 5.52. The molecule has 0 aromatic rings. The van der Waals surface area contributed by atoms with Crippen molar-refractivity contribution in [3.05, 3.63) is 47.9 Å². The van der Waals surface area contributed by atoms with Crippen LogP contribution in [0.25, 0.3) is 0 Å². The molecule has 1 aliphatic heterocycles. The number of carbonyl (C=O) groups is 1. The molecule has 0 bridgehead atoms. The molecule has 0 unspecified atom stereocenters. The predicted octanol–water partition coefficient (Wildman–Crippen LogP) is 2.68. The van der Waals surface area contributed by atoms with E-state index in [2.05, 4.69) is 61.5 Å². The van der Waals surface area contributed by atoms with Gasteiger partial charge in [-0.05, 0) is 38.6 Å². The smallest absolute Gasteiger partial charge is 0.213 e. The number of rotatable bonds is 5. The Morgan fingerprint density at radius 1 is 1.35 bits per heavy atom. The zero-order chi connectivity index (χ0) is 16.9. The van der Waals surface area contributed by atoms with E-state index >= 15 is 0 Å². The summed E-state index contributed by atoms with van der Waals surface area (Å²) in [6, 6.07) is 0.286. The summed E-state index contributed by atoms with van der Waals surface area (Å²) in [4.78, 5) is 15.7. The molecule has 1 heterocycles. The number of amides is 1. The summed E-state index contributed by atoms with van der Waals surface area (Å²) in [5.74, 6) is 0. The van der Waals surface area contributed by atoms with Gasteiger partial charge in [-0.15, -0.1) is 0 Å². The Bertz CT molecular complexity index is 535. The van der Waals surface area contributed by atoms with Crippen molar-refractivity contribution in [1.29, 1.82) is 0 Å². The molecule has 0 aromatic heterocycles. The van der Waals surface area contributed by atoms with Gasteiger partial charge in [0, 0.05) is 24.7 Å². The highest BCUT2D eigenvalue weighted by Gasteiger charge is 2.21. The van der Waals surface area contributed by atoms with Gasteiger partial charge in [-0.2, -0.15) is 0 Å². The molecule has 1 amide bonds. The van der Waals surface area contributed by atoms with Crippen LogP contribution in [0.2, 0.25) is 0 Å². The topological polar surface area (TPSA) is 35.6 Å². The van der Waals surface area contributed by atoms with E-state index in [0.717, 1.165) is 43.6 Å². The van der Waals surface area contributed by atoms with Gasteiger partial charge in [-0.25, -0.2) is 0 Å². The van der Waals surface area contributed by atoms with Crippen molar-refractivity contribution in [1.82, 2.24) is 15.1 Å². The molecule has 4 nitrogen and oxygen atoms in total. The van der Waals surface area contributed by atoms with Gasteiger partial charge < -0.3 is 15.1 Å². The molecule has 4 heteroatoms. The minimum absolute atomic E-state index is 0.0510. The molecule has 0 saturated carbocycles. The fourth-order valence-corrected chi connectivity index (χ4v) is 2.94. The molecule has 0 atom stereocenters. The summed E-state index contributed by atoms with van der Waals surface area (Å²) < 4.78 is 0. The maximum atomic E-state index is 11.6. The Kier molecular flexibility index (Phi) is 5.83. The van der Waals surface area contributed by atoms with Crippen LogP contribution >= 0.6 is 0 Å². The number of hydrogen-bond donors (Lipinski definition) is 1. The number of piperidine rings is 1. The Morgan fingerprint density at radius 2 is 2.04 bits per heavy atom. The van der Waals surface area contributed by atoms with Crippen molar-refractivity contribution in [3.8, 4) is 0 Å². The fraction of sp³-hybridized carbons (Fsp3) is 0.526. The molecule has 23 heavy (non-hydrogen) atoms. The van der Waals surface area contributed by atoms with Gasteiger partial charge in [-0.1, -0.05) is 44.2 Å². The van der Waals surface area contributed by atoms with Crippen LogP contribution in [0, 0.1) is 5.41 Å². The molecular formula is C19H29N3O. The van der Waals surface area contributed by atoms with Crippen LogP contribution in [0.5, 0.6) is 0 Å². The molecule has 1 N–H and O–H groups in total. The van der Waals surface area contributed by atoms with Crippen molar-refractivity contribution in [2.75, 3.05) is 27.2 Å². The molecule has 2 aliphatic rings. The number of hydrogen-bond acceptors (Lipinski definition) is 3. The Labute approximate surface area is 140 Å². The minimum Gasteiger partial charge on any atom is -0.386 e. The first kappa shape index (κ1) is 17.5. The molecule has 0 aromatic carbocycles. The lowest BCUT2D eigenvalue weighted by Gasteiger charge is -2.33. The van der Waals surface area contributed by atoms with Crippen molar-refractivity contribution in [2.45, 2.75) is 32.7 Å². The molecule has 0 radical (unpaired) electrons. The minimum atomic E-state index is 0.0510. The maximum absolute atomic E-state index is 11.6. The molecule has 1 fully saturated rings. The van der Waals surface area contributed by atoms with E-state index in [0.29, 0.717) is 0 Å². The van der Waals surface area contributed by atoms with Crippen molar-refractivity contribution < 1.29 is 4.79 Å². The number of likely N-dealkylation sites (tertiary alicyclic amines) is 1. The molecule has 1 saturated heterocycles. The first-order chi connectivity index (χ1) is 10.9. The van der Waals surface area contributed by atoms with Gasteiger partial charge >= 0.3 is 0 Å². The second-order valence-electron chi connectivity index (χ2n) is 7.02. The maximum Gasteiger partial charge on any atom is 0.213 e. The van der Waals surface area contributed by atoms with Crippen molar-refractivity contribution in [2.24, 2.45) is 5.41 Å². The van der Waals surface area contributed by atoms with Gasteiger partial charge in [0.25, 0.3) is 0 Å². The zero-order valence-electron chi connectivity index (χ0n) is 14.7. The molecule has 2 rings (SSSR count). The lowest BCUT2D eigenvalue weighted by atomic mass is 9.93. The summed E-state index contributed by atoms with van der Waals surface area (Å²) in [7, 11) is 4.03. The second kappa shape index (κ2) is 7.64. The van der Waals surface area contributed by atoms with Crippen LogP contribution in [0.1, 0.15) is 26.7 Å². The van der Waals surface area contributed by atoms with Crippen LogP contribution in [-0.4, -0.2) is 49.4 Å². The van der Waals surface area contributed by atoms with E-state index in [1.54, 1.807) is 0 Å². The van der Waals surface area contributed by atoms with E-state index in [9.17, 15) is 4.79 Å². The molecular weight excluding hydrogens is 286 g/mol. The van der Waals surface area contributed by atoms with Crippen molar-refractivity contribution in [3.63, 3.8) is 0 Å². The third kappa shape index (κ3) is 4.83. The number of carbonyl (C=O) groups excluding carboxylic acids is 1. The fourth-order valence-electron chi connectivity index (χ4n) is 2.94.